The summed E-state index contributed by atoms with van der Waals surface area (Å²) in [5, 5.41) is 2.56. The molecule has 0 aliphatic heterocycles. The first kappa shape index (κ1) is 19.2. The molecule has 6 nitrogen and oxygen atoms in total. The van der Waals surface area contributed by atoms with Gasteiger partial charge >= 0.3 is 5.97 Å². The third-order valence-electron chi connectivity index (χ3n) is 3.63. The monoisotopic (exact) mass is 355 g/mol. The fraction of sp³-hybridized carbons (Fsp3) is 0.250. The van der Waals surface area contributed by atoms with Gasteiger partial charge in [0.15, 0.2) is 19.0 Å². The summed E-state index contributed by atoms with van der Waals surface area (Å²) in [5.41, 5.74) is 2.70. The van der Waals surface area contributed by atoms with Crippen LogP contribution in [-0.4, -0.2) is 30.9 Å². The summed E-state index contributed by atoms with van der Waals surface area (Å²) in [5.74, 6) is -0.749. The first-order valence-corrected chi connectivity index (χ1v) is 8.12. The van der Waals surface area contributed by atoms with Gasteiger partial charge in [0.25, 0.3) is 5.91 Å². The van der Waals surface area contributed by atoms with Gasteiger partial charge in [-0.25, -0.2) is 4.79 Å². The highest BCUT2D eigenvalue weighted by atomic mass is 16.6. The zero-order valence-electron chi connectivity index (χ0n) is 15.0. The molecule has 0 atom stereocenters. The zero-order valence-corrected chi connectivity index (χ0v) is 15.0. The first-order valence-electron chi connectivity index (χ1n) is 8.12. The molecule has 26 heavy (non-hydrogen) atoms. The van der Waals surface area contributed by atoms with Crippen molar-refractivity contribution in [1.82, 2.24) is 0 Å². The molecule has 0 aliphatic carbocycles. The maximum absolute atomic E-state index is 11.9. The lowest BCUT2D eigenvalue weighted by atomic mass is 10.1. The molecule has 0 bridgehead atoms. The summed E-state index contributed by atoms with van der Waals surface area (Å²) >= 11 is 0. The van der Waals surface area contributed by atoms with Crippen molar-refractivity contribution in [1.29, 1.82) is 0 Å². The number of ether oxygens (including phenoxy) is 2. The number of esters is 1. The van der Waals surface area contributed by atoms with Gasteiger partial charge in [-0.05, 0) is 50.1 Å². The van der Waals surface area contributed by atoms with E-state index < -0.39 is 18.5 Å². The van der Waals surface area contributed by atoms with Crippen molar-refractivity contribution in [2.45, 2.75) is 20.8 Å². The predicted octanol–water partition coefficient (Wildman–Crippen LogP) is 3.07. The Labute approximate surface area is 152 Å². The molecule has 0 fully saturated rings. The largest absolute Gasteiger partial charge is 0.482 e. The topological polar surface area (TPSA) is 81.7 Å². The number of hydrogen-bond acceptors (Lipinski definition) is 5. The van der Waals surface area contributed by atoms with Crippen LogP contribution in [0.2, 0.25) is 0 Å². The van der Waals surface area contributed by atoms with Gasteiger partial charge in [-0.2, -0.15) is 0 Å². The van der Waals surface area contributed by atoms with Gasteiger partial charge in [-0.15, -0.1) is 0 Å². The number of nitrogens with one attached hydrogen (secondary N) is 1. The number of rotatable bonds is 7. The van der Waals surface area contributed by atoms with Crippen LogP contribution in [-0.2, 0) is 14.3 Å². The highest BCUT2D eigenvalue weighted by Crippen LogP contribution is 2.19. The molecule has 1 N–H and O–H groups in total. The van der Waals surface area contributed by atoms with Gasteiger partial charge < -0.3 is 14.8 Å². The Morgan fingerprint density at radius 1 is 1.00 bits per heavy atom. The maximum atomic E-state index is 11.9. The summed E-state index contributed by atoms with van der Waals surface area (Å²) in [6.45, 7) is 4.46. The number of Topliss-reactive ketones (excluding diaryl/α,β-unsaturated/α-hetero) is 1. The van der Waals surface area contributed by atoms with Crippen molar-refractivity contribution in [3.63, 3.8) is 0 Å². The molecule has 0 saturated carbocycles. The maximum Gasteiger partial charge on any atom is 0.344 e. The summed E-state index contributed by atoms with van der Waals surface area (Å²) in [6, 6.07) is 12.3. The molecule has 0 spiro atoms. The molecule has 0 saturated heterocycles. The lowest BCUT2D eigenvalue weighted by Gasteiger charge is -2.11. The summed E-state index contributed by atoms with van der Waals surface area (Å²) < 4.78 is 10.3. The normalized spacial score (nSPS) is 10.1. The lowest BCUT2D eigenvalue weighted by molar-refractivity contribution is -0.149. The van der Waals surface area contributed by atoms with E-state index in [1.165, 1.54) is 6.92 Å². The second-order valence-electron chi connectivity index (χ2n) is 5.87. The fourth-order valence-electron chi connectivity index (χ4n) is 2.27. The van der Waals surface area contributed by atoms with E-state index in [2.05, 4.69) is 5.32 Å². The number of anilines is 1. The molecule has 0 radical (unpaired) electrons. The Hall–Kier alpha value is -3.15. The molecule has 0 aliphatic rings. The van der Waals surface area contributed by atoms with E-state index in [1.54, 1.807) is 24.3 Å². The standard InChI is InChI=1S/C20H21NO5/c1-13-8-9-14(2)18(10-13)25-12-20(24)26-11-19(23)21-17-7-5-4-6-16(17)15(3)22/h4-10H,11-12H2,1-3H3,(H,21,23). The Morgan fingerprint density at radius 2 is 1.73 bits per heavy atom. The zero-order chi connectivity index (χ0) is 19.1. The molecule has 2 aromatic rings. The summed E-state index contributed by atoms with van der Waals surface area (Å²) in [7, 11) is 0. The second kappa shape index (κ2) is 8.80. The average molecular weight is 355 g/mol. The number of ketones is 1. The summed E-state index contributed by atoms with van der Waals surface area (Å²) in [6.07, 6.45) is 0. The minimum atomic E-state index is -0.652. The van der Waals surface area contributed by atoms with E-state index in [0.717, 1.165) is 11.1 Å². The number of benzene rings is 2. The van der Waals surface area contributed by atoms with Crippen LogP contribution in [0.4, 0.5) is 5.69 Å². The van der Waals surface area contributed by atoms with E-state index in [-0.39, 0.29) is 12.4 Å². The Kier molecular flexibility index (Phi) is 6.49. The van der Waals surface area contributed by atoms with Crippen LogP contribution in [0.25, 0.3) is 0 Å². The number of para-hydroxylation sites is 1. The van der Waals surface area contributed by atoms with Gasteiger partial charge in [0, 0.05) is 5.56 Å². The number of amides is 1. The van der Waals surface area contributed by atoms with Crippen LogP contribution in [0.1, 0.15) is 28.4 Å². The van der Waals surface area contributed by atoms with Crippen molar-refractivity contribution in [3.05, 3.63) is 59.2 Å². The molecule has 6 heteroatoms. The number of hydrogen-bond donors (Lipinski definition) is 1. The first-order chi connectivity index (χ1) is 12.4. The number of carbonyl (C=O) groups excluding carboxylic acids is 3. The van der Waals surface area contributed by atoms with E-state index in [0.29, 0.717) is 17.0 Å². The smallest absolute Gasteiger partial charge is 0.344 e. The van der Waals surface area contributed by atoms with Crippen LogP contribution < -0.4 is 10.1 Å². The van der Waals surface area contributed by atoms with Gasteiger partial charge in [-0.3, -0.25) is 9.59 Å². The van der Waals surface area contributed by atoms with Crippen molar-refractivity contribution >= 4 is 23.3 Å². The van der Waals surface area contributed by atoms with Crippen LogP contribution >= 0.6 is 0 Å². The minimum absolute atomic E-state index is 0.167. The molecular weight excluding hydrogens is 334 g/mol. The fourth-order valence-corrected chi connectivity index (χ4v) is 2.27. The molecule has 0 unspecified atom stereocenters. The van der Waals surface area contributed by atoms with Crippen LogP contribution in [0, 0.1) is 13.8 Å². The molecule has 0 aromatic heterocycles. The van der Waals surface area contributed by atoms with E-state index in [4.69, 9.17) is 9.47 Å². The molecule has 2 rings (SSSR count). The van der Waals surface area contributed by atoms with Crippen LogP contribution in [0.5, 0.6) is 5.75 Å². The van der Waals surface area contributed by atoms with Crippen molar-refractivity contribution in [3.8, 4) is 5.75 Å². The lowest BCUT2D eigenvalue weighted by Crippen LogP contribution is -2.24. The van der Waals surface area contributed by atoms with Crippen molar-refractivity contribution in [2.75, 3.05) is 18.5 Å². The highest BCUT2D eigenvalue weighted by Gasteiger charge is 2.12. The van der Waals surface area contributed by atoms with E-state index >= 15 is 0 Å². The number of carbonyl (C=O) groups is 3. The Morgan fingerprint density at radius 3 is 2.46 bits per heavy atom. The highest BCUT2D eigenvalue weighted by molar-refractivity contribution is 6.04. The Bertz CT molecular complexity index is 829. The Balaban J connectivity index is 1.83. The van der Waals surface area contributed by atoms with Gasteiger partial charge in [0.2, 0.25) is 0 Å². The molecule has 0 heterocycles. The van der Waals surface area contributed by atoms with Gasteiger partial charge in [0.1, 0.15) is 5.75 Å². The minimum Gasteiger partial charge on any atom is -0.482 e. The predicted molar refractivity (Wildman–Crippen MR) is 97.4 cm³/mol. The molecule has 2 aromatic carbocycles. The van der Waals surface area contributed by atoms with E-state index in [9.17, 15) is 14.4 Å². The molecule has 136 valence electrons. The van der Waals surface area contributed by atoms with Crippen LogP contribution in [0.3, 0.4) is 0 Å². The molecular formula is C20H21NO5. The quantitative estimate of drug-likeness (QED) is 0.610. The molecule has 1 amide bonds. The van der Waals surface area contributed by atoms with Gasteiger partial charge in [0.05, 0.1) is 5.69 Å². The third kappa shape index (κ3) is 5.44. The third-order valence-corrected chi connectivity index (χ3v) is 3.63. The van der Waals surface area contributed by atoms with Crippen LogP contribution in [0.15, 0.2) is 42.5 Å². The van der Waals surface area contributed by atoms with Crippen molar-refractivity contribution < 1.29 is 23.9 Å². The van der Waals surface area contributed by atoms with E-state index in [1.807, 2.05) is 32.0 Å². The number of aryl methyl sites for hydroxylation is 2. The van der Waals surface area contributed by atoms with Crippen molar-refractivity contribution in [2.24, 2.45) is 0 Å². The summed E-state index contributed by atoms with van der Waals surface area (Å²) in [4.78, 5) is 35.2. The second-order valence-corrected chi connectivity index (χ2v) is 5.87. The SMILES string of the molecule is CC(=O)c1ccccc1NC(=O)COC(=O)COc1cc(C)ccc1C. The van der Waals surface area contributed by atoms with Gasteiger partial charge in [-0.1, -0.05) is 24.3 Å². The average Bonchev–Trinajstić information content (AvgIpc) is 2.61.